The van der Waals surface area contributed by atoms with Crippen LogP contribution in [0.3, 0.4) is 0 Å². The number of rotatable bonds is 7. The topological polar surface area (TPSA) is 62.8 Å². The van der Waals surface area contributed by atoms with Crippen molar-refractivity contribution in [3.63, 3.8) is 0 Å². The van der Waals surface area contributed by atoms with Crippen LogP contribution in [0.2, 0.25) is 0 Å². The summed E-state index contributed by atoms with van der Waals surface area (Å²) in [7, 11) is 0. The van der Waals surface area contributed by atoms with Gasteiger partial charge < -0.3 is 20.1 Å². The zero-order chi connectivity index (χ0) is 24.4. The Kier molecular flexibility index (Phi) is 7.30. The van der Waals surface area contributed by atoms with Crippen LogP contribution >= 0.6 is 0 Å². The molecule has 3 aliphatic heterocycles. The van der Waals surface area contributed by atoms with Gasteiger partial charge in [0.2, 0.25) is 0 Å². The van der Waals surface area contributed by atoms with E-state index in [0.29, 0.717) is 42.2 Å². The Labute approximate surface area is 209 Å². The Morgan fingerprint density at radius 1 is 1.20 bits per heavy atom. The third kappa shape index (κ3) is 4.78. The van der Waals surface area contributed by atoms with Gasteiger partial charge in [0.1, 0.15) is 0 Å². The minimum absolute atomic E-state index is 0.0804. The first-order valence-corrected chi connectivity index (χ1v) is 13.4. The van der Waals surface area contributed by atoms with Gasteiger partial charge in [0.25, 0.3) is 5.91 Å². The number of carbonyl (C=O) groups is 1. The zero-order valence-electron chi connectivity index (χ0n) is 21.3. The van der Waals surface area contributed by atoms with Gasteiger partial charge >= 0.3 is 0 Å². The molecule has 2 aromatic rings. The quantitative estimate of drug-likeness (QED) is 0.608. The van der Waals surface area contributed by atoms with Crippen LogP contribution in [0.1, 0.15) is 79.2 Å². The molecule has 6 heteroatoms. The average molecular weight is 478 g/mol. The van der Waals surface area contributed by atoms with Crippen molar-refractivity contribution in [2.45, 2.75) is 64.6 Å². The second-order valence-corrected chi connectivity index (χ2v) is 10.1. The van der Waals surface area contributed by atoms with Crippen molar-refractivity contribution in [3.05, 3.63) is 58.7 Å². The number of ether oxygens (including phenoxy) is 2. The Hall–Kier alpha value is -2.57. The Bertz CT molecular complexity index is 1040. The molecule has 188 valence electrons. The monoisotopic (exact) mass is 477 g/mol. The lowest BCUT2D eigenvalue weighted by atomic mass is 9.76. The molecule has 0 saturated carbocycles. The van der Waals surface area contributed by atoms with Crippen LogP contribution in [0.15, 0.2) is 36.4 Å². The van der Waals surface area contributed by atoms with Crippen LogP contribution in [-0.4, -0.2) is 49.7 Å². The molecule has 3 heterocycles. The minimum Gasteiger partial charge on any atom is -0.490 e. The van der Waals surface area contributed by atoms with Crippen molar-refractivity contribution in [2.24, 2.45) is 5.92 Å². The number of hydrogen-bond acceptors (Lipinski definition) is 5. The number of nitrogens with one attached hydrogen (secondary N) is 2. The second-order valence-electron chi connectivity index (χ2n) is 10.1. The van der Waals surface area contributed by atoms with E-state index >= 15 is 0 Å². The third-order valence-corrected chi connectivity index (χ3v) is 7.95. The largest absolute Gasteiger partial charge is 0.490 e. The highest BCUT2D eigenvalue weighted by molar-refractivity contribution is 6.00. The predicted octanol–water partition coefficient (Wildman–Crippen LogP) is 4.65. The molecule has 1 amide bonds. The molecule has 0 aromatic heterocycles. The molecule has 4 atom stereocenters. The van der Waals surface area contributed by atoms with E-state index < -0.39 is 0 Å². The summed E-state index contributed by atoms with van der Waals surface area (Å²) in [6, 6.07) is 12.9. The van der Waals surface area contributed by atoms with Gasteiger partial charge in [0, 0.05) is 25.2 Å². The summed E-state index contributed by atoms with van der Waals surface area (Å²) < 4.78 is 12.2. The molecule has 2 saturated heterocycles. The lowest BCUT2D eigenvalue weighted by molar-refractivity contribution is 0.0539. The van der Waals surface area contributed by atoms with E-state index in [0.717, 1.165) is 43.6 Å². The summed E-state index contributed by atoms with van der Waals surface area (Å²) in [6.07, 6.45) is 4.51. The second kappa shape index (κ2) is 10.6. The third-order valence-electron chi connectivity index (χ3n) is 7.95. The predicted molar refractivity (Wildman–Crippen MR) is 138 cm³/mol. The van der Waals surface area contributed by atoms with Crippen molar-refractivity contribution < 1.29 is 14.3 Å². The molecule has 0 spiro atoms. The van der Waals surface area contributed by atoms with E-state index in [2.05, 4.69) is 33.7 Å². The van der Waals surface area contributed by atoms with Crippen molar-refractivity contribution in [2.75, 3.05) is 32.8 Å². The van der Waals surface area contributed by atoms with Crippen LogP contribution < -0.4 is 20.1 Å². The molecular weight excluding hydrogens is 438 g/mol. The summed E-state index contributed by atoms with van der Waals surface area (Å²) in [5, 5.41) is 7.05. The van der Waals surface area contributed by atoms with Crippen LogP contribution in [0.5, 0.6) is 11.5 Å². The first-order valence-electron chi connectivity index (χ1n) is 13.4. The Balaban J connectivity index is 1.57. The number of hydrogen-bond donors (Lipinski definition) is 2. The van der Waals surface area contributed by atoms with Gasteiger partial charge in [0.15, 0.2) is 11.5 Å². The summed E-state index contributed by atoms with van der Waals surface area (Å²) in [6.45, 7) is 10.2. The van der Waals surface area contributed by atoms with Gasteiger partial charge in [0.05, 0.1) is 24.8 Å². The first kappa shape index (κ1) is 24.1. The Morgan fingerprint density at radius 3 is 2.77 bits per heavy atom. The van der Waals surface area contributed by atoms with Crippen molar-refractivity contribution in [1.82, 2.24) is 15.5 Å². The first-order chi connectivity index (χ1) is 17.1. The highest BCUT2D eigenvalue weighted by Gasteiger charge is 2.42. The fourth-order valence-corrected chi connectivity index (χ4v) is 6.31. The fourth-order valence-electron chi connectivity index (χ4n) is 6.31. The van der Waals surface area contributed by atoms with Crippen molar-refractivity contribution in [1.29, 1.82) is 0 Å². The number of piperidine rings is 2. The smallest absolute Gasteiger partial charge is 0.256 e. The van der Waals surface area contributed by atoms with Gasteiger partial charge in [-0.25, -0.2) is 0 Å². The van der Waals surface area contributed by atoms with Gasteiger partial charge in [-0.05, 0) is 81.7 Å². The molecular formula is C29H39N3O3. The molecule has 35 heavy (non-hydrogen) atoms. The van der Waals surface area contributed by atoms with E-state index in [4.69, 9.17) is 9.47 Å². The molecule has 3 aliphatic rings. The van der Waals surface area contributed by atoms with Crippen LogP contribution in [0.25, 0.3) is 0 Å². The summed E-state index contributed by atoms with van der Waals surface area (Å²) in [5.74, 6) is 1.89. The molecule has 2 aromatic carbocycles. The lowest BCUT2D eigenvalue weighted by Crippen LogP contribution is -2.55. The van der Waals surface area contributed by atoms with Gasteiger partial charge in [-0.2, -0.15) is 0 Å². The SMILES string of the molecule is CCOc1cc2c(c(C(=O)N[C@H](C)c3ccccc3)c1OCC)[C@H]1C[C@@H]3NCCC[C@@H]3CN1CC2. The summed E-state index contributed by atoms with van der Waals surface area (Å²) >= 11 is 0. The maximum absolute atomic E-state index is 14.0. The number of benzene rings is 2. The highest BCUT2D eigenvalue weighted by atomic mass is 16.5. The summed E-state index contributed by atoms with van der Waals surface area (Å²) in [5.41, 5.74) is 4.12. The molecule has 6 nitrogen and oxygen atoms in total. The fraction of sp³-hybridized carbons (Fsp3) is 0.552. The van der Waals surface area contributed by atoms with E-state index in [1.165, 1.54) is 18.4 Å². The zero-order valence-corrected chi connectivity index (χ0v) is 21.3. The normalized spacial score (nSPS) is 24.5. The average Bonchev–Trinajstić information content (AvgIpc) is 2.88. The van der Waals surface area contributed by atoms with Crippen LogP contribution in [0, 0.1) is 5.92 Å². The Morgan fingerprint density at radius 2 is 2.00 bits per heavy atom. The minimum atomic E-state index is -0.111. The van der Waals surface area contributed by atoms with Gasteiger partial charge in [-0.15, -0.1) is 0 Å². The molecule has 0 radical (unpaired) electrons. The molecule has 2 fully saturated rings. The number of carbonyl (C=O) groups excluding carboxylic acids is 1. The highest BCUT2D eigenvalue weighted by Crippen LogP contribution is 2.47. The number of nitrogens with zero attached hydrogens (tertiary/aromatic N) is 1. The molecule has 0 unspecified atom stereocenters. The van der Waals surface area contributed by atoms with E-state index in [9.17, 15) is 4.79 Å². The van der Waals surface area contributed by atoms with Gasteiger partial charge in [-0.1, -0.05) is 30.3 Å². The summed E-state index contributed by atoms with van der Waals surface area (Å²) in [4.78, 5) is 16.6. The maximum Gasteiger partial charge on any atom is 0.256 e. The number of fused-ring (bicyclic) bond motifs is 4. The lowest BCUT2D eigenvalue weighted by Gasteiger charge is -2.49. The molecule has 5 rings (SSSR count). The van der Waals surface area contributed by atoms with E-state index in [1.807, 2.05) is 39.0 Å². The molecule has 0 bridgehead atoms. The molecule has 0 aliphatic carbocycles. The van der Waals surface area contributed by atoms with Crippen LogP contribution in [-0.2, 0) is 6.42 Å². The van der Waals surface area contributed by atoms with Crippen LogP contribution in [0.4, 0.5) is 0 Å². The van der Waals surface area contributed by atoms with Crippen molar-refractivity contribution >= 4 is 5.91 Å². The molecule has 2 N–H and O–H groups in total. The maximum atomic E-state index is 14.0. The van der Waals surface area contributed by atoms with Gasteiger partial charge in [-0.3, -0.25) is 9.69 Å². The van der Waals surface area contributed by atoms with Crippen molar-refractivity contribution in [3.8, 4) is 11.5 Å². The number of amides is 1. The standard InChI is InChI=1S/C29H39N3O3/c1-4-34-25-16-21-13-15-32-18-22-12-9-14-30-23(22)17-24(32)26(21)27(28(25)35-5-2)29(33)31-19(3)20-10-7-6-8-11-20/h6-8,10-11,16,19,22-24,30H,4-5,9,12-15,17-18H2,1-3H3,(H,31,33)/t19-,22-,23+,24-/m1/s1. The van der Waals surface area contributed by atoms with E-state index in [1.54, 1.807) is 0 Å². The van der Waals surface area contributed by atoms with E-state index in [-0.39, 0.29) is 18.0 Å².